The SMILES string of the molecule is CC(C)(C)S(=O)(=O)N1CC(N)(C2CC2)C1. The Balaban J connectivity index is 2.05. The summed E-state index contributed by atoms with van der Waals surface area (Å²) in [7, 11) is -3.16. The molecule has 0 amide bonds. The number of sulfonamides is 1. The fourth-order valence-corrected chi connectivity index (χ4v) is 3.68. The maximum absolute atomic E-state index is 12.0. The first-order valence-corrected chi connectivity index (χ1v) is 6.89. The van der Waals surface area contributed by atoms with Crippen LogP contribution in [-0.2, 0) is 10.0 Å². The van der Waals surface area contributed by atoms with Gasteiger partial charge >= 0.3 is 0 Å². The number of nitrogens with two attached hydrogens (primary N) is 1. The number of rotatable bonds is 2. The van der Waals surface area contributed by atoms with Crippen LogP contribution >= 0.6 is 0 Å². The van der Waals surface area contributed by atoms with Gasteiger partial charge in [-0.25, -0.2) is 8.42 Å². The zero-order valence-corrected chi connectivity index (χ0v) is 10.5. The molecule has 0 unspecified atom stereocenters. The van der Waals surface area contributed by atoms with E-state index >= 15 is 0 Å². The molecule has 0 spiro atoms. The monoisotopic (exact) mass is 232 g/mol. The molecule has 0 aromatic heterocycles. The van der Waals surface area contributed by atoms with E-state index in [0.29, 0.717) is 19.0 Å². The van der Waals surface area contributed by atoms with E-state index in [9.17, 15) is 8.42 Å². The summed E-state index contributed by atoms with van der Waals surface area (Å²) < 4.78 is 24.9. The van der Waals surface area contributed by atoms with Crippen LogP contribution < -0.4 is 5.73 Å². The van der Waals surface area contributed by atoms with Crippen LogP contribution in [0, 0.1) is 5.92 Å². The van der Waals surface area contributed by atoms with E-state index in [0.717, 1.165) is 0 Å². The highest BCUT2D eigenvalue weighted by atomic mass is 32.2. The highest BCUT2D eigenvalue weighted by Crippen LogP contribution is 2.44. The van der Waals surface area contributed by atoms with Crippen LogP contribution in [0.3, 0.4) is 0 Å². The van der Waals surface area contributed by atoms with Crippen molar-refractivity contribution in [1.29, 1.82) is 0 Å². The Bertz CT molecular complexity index is 359. The highest BCUT2D eigenvalue weighted by molar-refractivity contribution is 7.90. The van der Waals surface area contributed by atoms with Crippen molar-refractivity contribution in [1.82, 2.24) is 4.31 Å². The van der Waals surface area contributed by atoms with Gasteiger partial charge in [-0.2, -0.15) is 4.31 Å². The van der Waals surface area contributed by atoms with Gasteiger partial charge in [0, 0.05) is 18.6 Å². The molecule has 1 saturated carbocycles. The fraction of sp³-hybridized carbons (Fsp3) is 1.00. The molecule has 2 N–H and O–H groups in total. The van der Waals surface area contributed by atoms with Crippen LogP contribution in [0.2, 0.25) is 0 Å². The molecule has 5 heteroatoms. The van der Waals surface area contributed by atoms with Crippen LogP contribution in [0.5, 0.6) is 0 Å². The van der Waals surface area contributed by atoms with Crippen LogP contribution in [0.4, 0.5) is 0 Å². The predicted molar refractivity (Wildman–Crippen MR) is 59.9 cm³/mol. The van der Waals surface area contributed by atoms with Crippen LogP contribution in [0.15, 0.2) is 0 Å². The molecule has 1 aliphatic carbocycles. The third-order valence-electron chi connectivity index (χ3n) is 3.45. The minimum atomic E-state index is -3.16. The Morgan fingerprint density at radius 2 is 1.73 bits per heavy atom. The second kappa shape index (κ2) is 2.96. The minimum absolute atomic E-state index is 0.224. The largest absolute Gasteiger partial charge is 0.323 e. The van der Waals surface area contributed by atoms with E-state index in [1.807, 2.05) is 0 Å². The van der Waals surface area contributed by atoms with Crippen molar-refractivity contribution in [2.24, 2.45) is 11.7 Å². The van der Waals surface area contributed by atoms with Gasteiger partial charge in [-0.15, -0.1) is 0 Å². The Hall–Kier alpha value is -0.130. The Morgan fingerprint density at radius 3 is 2.07 bits per heavy atom. The summed E-state index contributed by atoms with van der Waals surface area (Å²) in [5.74, 6) is 0.559. The molecule has 15 heavy (non-hydrogen) atoms. The number of hydrogen-bond acceptors (Lipinski definition) is 3. The van der Waals surface area contributed by atoms with Crippen molar-refractivity contribution >= 4 is 10.0 Å². The van der Waals surface area contributed by atoms with Crippen molar-refractivity contribution in [2.75, 3.05) is 13.1 Å². The van der Waals surface area contributed by atoms with Gasteiger partial charge in [0.15, 0.2) is 0 Å². The Kier molecular flexibility index (Phi) is 2.24. The van der Waals surface area contributed by atoms with Crippen molar-refractivity contribution < 1.29 is 8.42 Å². The van der Waals surface area contributed by atoms with E-state index in [4.69, 9.17) is 5.73 Å². The summed E-state index contributed by atoms with van der Waals surface area (Å²) in [6.45, 7) is 6.22. The topological polar surface area (TPSA) is 63.4 Å². The molecule has 2 fully saturated rings. The number of hydrogen-bond donors (Lipinski definition) is 1. The molecule has 0 aromatic rings. The molecule has 0 radical (unpaired) electrons. The molecule has 4 nitrogen and oxygen atoms in total. The van der Waals surface area contributed by atoms with Gasteiger partial charge in [0.05, 0.1) is 4.75 Å². The van der Waals surface area contributed by atoms with Crippen LogP contribution in [0.25, 0.3) is 0 Å². The zero-order valence-electron chi connectivity index (χ0n) is 9.66. The quantitative estimate of drug-likeness (QED) is 0.755. The molecule has 1 aliphatic heterocycles. The van der Waals surface area contributed by atoms with Crippen LogP contribution in [0.1, 0.15) is 33.6 Å². The predicted octanol–water partition coefficient (Wildman–Crippen LogP) is 0.538. The summed E-state index contributed by atoms with van der Waals surface area (Å²) in [5, 5.41) is 0. The van der Waals surface area contributed by atoms with Crippen molar-refractivity contribution in [2.45, 2.75) is 43.9 Å². The molecule has 1 saturated heterocycles. The van der Waals surface area contributed by atoms with E-state index in [1.54, 1.807) is 20.8 Å². The number of nitrogens with zero attached hydrogens (tertiary/aromatic N) is 1. The normalized spacial score (nSPS) is 27.5. The Morgan fingerprint density at radius 1 is 1.27 bits per heavy atom. The molecule has 0 atom stereocenters. The summed E-state index contributed by atoms with van der Waals surface area (Å²) >= 11 is 0. The standard InChI is InChI=1S/C10H20N2O2S/c1-9(2,3)15(13,14)12-6-10(11,7-12)8-4-5-8/h8H,4-7,11H2,1-3H3. The second-order valence-electron chi connectivity index (χ2n) is 5.89. The van der Waals surface area contributed by atoms with Crippen molar-refractivity contribution in [3.63, 3.8) is 0 Å². The van der Waals surface area contributed by atoms with Gasteiger partial charge in [0.25, 0.3) is 0 Å². The van der Waals surface area contributed by atoms with Gasteiger partial charge in [-0.05, 0) is 39.5 Å². The lowest BCUT2D eigenvalue weighted by Gasteiger charge is -2.49. The summed E-state index contributed by atoms with van der Waals surface area (Å²) in [4.78, 5) is 0. The second-order valence-corrected chi connectivity index (χ2v) is 8.58. The summed E-state index contributed by atoms with van der Waals surface area (Å²) in [6, 6.07) is 0. The molecular weight excluding hydrogens is 212 g/mol. The van der Waals surface area contributed by atoms with E-state index in [1.165, 1.54) is 17.1 Å². The molecular formula is C10H20N2O2S. The summed E-state index contributed by atoms with van der Waals surface area (Å²) in [5.41, 5.74) is 5.91. The Labute approximate surface area is 91.9 Å². The summed E-state index contributed by atoms with van der Waals surface area (Å²) in [6.07, 6.45) is 2.33. The van der Waals surface area contributed by atoms with E-state index in [-0.39, 0.29) is 5.54 Å². The van der Waals surface area contributed by atoms with Crippen molar-refractivity contribution in [3.05, 3.63) is 0 Å². The molecule has 88 valence electrons. The van der Waals surface area contributed by atoms with Gasteiger partial charge in [-0.1, -0.05) is 0 Å². The molecule has 2 aliphatic rings. The molecule has 2 rings (SSSR count). The smallest absolute Gasteiger partial charge is 0.219 e. The van der Waals surface area contributed by atoms with Gasteiger partial charge in [0.1, 0.15) is 0 Å². The lowest BCUT2D eigenvalue weighted by Crippen LogP contribution is -2.71. The fourth-order valence-electron chi connectivity index (χ4n) is 2.08. The molecule has 0 aromatic carbocycles. The van der Waals surface area contributed by atoms with Gasteiger partial charge in [0.2, 0.25) is 10.0 Å². The lowest BCUT2D eigenvalue weighted by atomic mass is 9.88. The van der Waals surface area contributed by atoms with E-state index in [2.05, 4.69) is 0 Å². The first-order chi connectivity index (χ1) is 6.67. The third kappa shape index (κ3) is 1.70. The lowest BCUT2D eigenvalue weighted by molar-refractivity contribution is 0.132. The third-order valence-corrected chi connectivity index (χ3v) is 5.93. The van der Waals surface area contributed by atoms with Crippen molar-refractivity contribution in [3.8, 4) is 0 Å². The van der Waals surface area contributed by atoms with Gasteiger partial charge in [-0.3, -0.25) is 0 Å². The average molecular weight is 232 g/mol. The molecule has 1 heterocycles. The van der Waals surface area contributed by atoms with E-state index < -0.39 is 14.8 Å². The first-order valence-electron chi connectivity index (χ1n) is 5.45. The maximum Gasteiger partial charge on any atom is 0.219 e. The average Bonchev–Trinajstić information content (AvgIpc) is 2.77. The van der Waals surface area contributed by atoms with Crippen LogP contribution in [-0.4, -0.2) is 36.1 Å². The highest BCUT2D eigenvalue weighted by Gasteiger charge is 2.55. The first kappa shape index (κ1) is 11.4. The zero-order chi connectivity index (χ0) is 11.5. The molecule has 0 bridgehead atoms. The minimum Gasteiger partial charge on any atom is -0.323 e. The maximum atomic E-state index is 12.0. The van der Waals surface area contributed by atoms with Gasteiger partial charge < -0.3 is 5.73 Å².